The first kappa shape index (κ1) is 12.2. The average Bonchev–Trinajstić information content (AvgIpc) is 3.09. The van der Waals surface area contributed by atoms with Gasteiger partial charge in [-0.2, -0.15) is 13.2 Å². The maximum absolute atomic E-state index is 12.3. The van der Waals surface area contributed by atoms with Crippen molar-refractivity contribution in [2.75, 3.05) is 5.32 Å². The first-order chi connectivity index (χ1) is 8.00. The monoisotopic (exact) mass is 244 g/mol. The van der Waals surface area contributed by atoms with Gasteiger partial charge in [-0.25, -0.2) is 4.98 Å². The lowest BCUT2D eigenvalue weighted by Gasteiger charge is -2.17. The Labute approximate surface area is 98.2 Å². The lowest BCUT2D eigenvalue weighted by atomic mass is 10.1. The standard InChI is InChI=1S/C12H15F3N2/c1-2-10(8-3-4-8)17-9-5-6-11(16-7-9)12(13,14)15/h5-8,10,17H,2-4H2,1H3. The van der Waals surface area contributed by atoms with Crippen molar-refractivity contribution in [3.63, 3.8) is 0 Å². The van der Waals surface area contributed by atoms with E-state index in [-0.39, 0.29) is 0 Å². The van der Waals surface area contributed by atoms with Gasteiger partial charge in [-0.1, -0.05) is 6.92 Å². The van der Waals surface area contributed by atoms with Crippen molar-refractivity contribution < 1.29 is 13.2 Å². The van der Waals surface area contributed by atoms with Crippen molar-refractivity contribution in [1.29, 1.82) is 0 Å². The Bertz CT molecular complexity index is 368. The van der Waals surface area contributed by atoms with Gasteiger partial charge in [0.15, 0.2) is 0 Å². The van der Waals surface area contributed by atoms with Gasteiger partial charge in [-0.05, 0) is 37.3 Å². The van der Waals surface area contributed by atoms with Gasteiger partial charge in [0.1, 0.15) is 5.69 Å². The van der Waals surface area contributed by atoms with Gasteiger partial charge >= 0.3 is 6.18 Å². The molecule has 0 aliphatic heterocycles. The Morgan fingerprint density at radius 2 is 2.12 bits per heavy atom. The van der Waals surface area contributed by atoms with Crippen LogP contribution < -0.4 is 5.32 Å². The molecule has 0 amide bonds. The summed E-state index contributed by atoms with van der Waals surface area (Å²) in [5.41, 5.74) is -0.181. The third-order valence-electron chi connectivity index (χ3n) is 3.04. The number of pyridine rings is 1. The van der Waals surface area contributed by atoms with Crippen LogP contribution in [0.1, 0.15) is 31.9 Å². The summed E-state index contributed by atoms with van der Waals surface area (Å²) in [5, 5.41) is 3.24. The molecular formula is C12H15F3N2. The van der Waals surface area contributed by atoms with E-state index in [1.165, 1.54) is 25.1 Å². The maximum Gasteiger partial charge on any atom is 0.433 e. The average molecular weight is 244 g/mol. The van der Waals surface area contributed by atoms with Crippen molar-refractivity contribution in [1.82, 2.24) is 4.98 Å². The van der Waals surface area contributed by atoms with Crippen LogP contribution in [-0.4, -0.2) is 11.0 Å². The van der Waals surface area contributed by atoms with Gasteiger partial charge in [0.2, 0.25) is 0 Å². The fourth-order valence-corrected chi connectivity index (χ4v) is 1.91. The molecular weight excluding hydrogens is 229 g/mol. The fraction of sp³-hybridized carbons (Fsp3) is 0.583. The number of hydrogen-bond donors (Lipinski definition) is 1. The Morgan fingerprint density at radius 1 is 1.41 bits per heavy atom. The number of anilines is 1. The minimum Gasteiger partial charge on any atom is -0.381 e. The Hall–Kier alpha value is -1.26. The molecule has 1 aromatic rings. The van der Waals surface area contributed by atoms with Crippen LogP contribution in [0.5, 0.6) is 0 Å². The second kappa shape index (κ2) is 4.55. The highest BCUT2D eigenvalue weighted by Crippen LogP contribution is 2.35. The molecule has 2 nitrogen and oxygen atoms in total. The van der Waals surface area contributed by atoms with Gasteiger partial charge < -0.3 is 5.32 Å². The number of nitrogens with zero attached hydrogens (tertiary/aromatic N) is 1. The van der Waals surface area contributed by atoms with Crippen LogP contribution >= 0.6 is 0 Å². The minimum atomic E-state index is -4.36. The lowest BCUT2D eigenvalue weighted by Crippen LogP contribution is -2.21. The molecule has 17 heavy (non-hydrogen) atoms. The molecule has 1 N–H and O–H groups in total. The number of rotatable bonds is 4. The summed E-state index contributed by atoms with van der Waals surface area (Å²) < 4.78 is 36.9. The van der Waals surface area contributed by atoms with E-state index in [2.05, 4.69) is 17.2 Å². The molecule has 0 radical (unpaired) electrons. The fourth-order valence-electron chi connectivity index (χ4n) is 1.91. The highest BCUT2D eigenvalue weighted by Gasteiger charge is 2.32. The molecule has 1 heterocycles. The molecule has 5 heteroatoms. The maximum atomic E-state index is 12.3. The summed E-state index contributed by atoms with van der Waals surface area (Å²) in [6, 6.07) is 2.82. The molecule has 1 atom stereocenters. The zero-order valence-electron chi connectivity index (χ0n) is 9.59. The Morgan fingerprint density at radius 3 is 2.53 bits per heavy atom. The minimum absolute atomic E-state index is 0.355. The van der Waals surface area contributed by atoms with Crippen molar-refractivity contribution in [3.05, 3.63) is 24.0 Å². The third kappa shape index (κ3) is 3.11. The van der Waals surface area contributed by atoms with Gasteiger partial charge in [0.05, 0.1) is 11.9 Å². The molecule has 0 bridgehead atoms. The largest absolute Gasteiger partial charge is 0.433 e. The van der Waals surface area contributed by atoms with E-state index in [4.69, 9.17) is 0 Å². The molecule has 0 spiro atoms. The molecule has 1 saturated carbocycles. The van der Waals surface area contributed by atoms with Crippen LogP contribution in [0.2, 0.25) is 0 Å². The summed E-state index contributed by atoms with van der Waals surface area (Å²) in [4.78, 5) is 3.43. The molecule has 1 unspecified atom stereocenters. The van der Waals surface area contributed by atoms with Crippen LogP contribution in [0.25, 0.3) is 0 Å². The van der Waals surface area contributed by atoms with Crippen molar-refractivity contribution in [2.45, 2.75) is 38.4 Å². The zero-order valence-corrected chi connectivity index (χ0v) is 9.59. The van der Waals surface area contributed by atoms with Crippen LogP contribution in [0, 0.1) is 5.92 Å². The molecule has 2 rings (SSSR count). The summed E-state index contributed by atoms with van der Waals surface area (Å²) in [6.07, 6.45) is 0.290. The van der Waals surface area contributed by atoms with Crippen molar-refractivity contribution in [3.8, 4) is 0 Å². The molecule has 1 aliphatic rings. The molecule has 0 saturated heterocycles. The first-order valence-electron chi connectivity index (χ1n) is 5.80. The first-order valence-corrected chi connectivity index (χ1v) is 5.80. The zero-order chi connectivity index (χ0) is 12.5. The highest BCUT2D eigenvalue weighted by molar-refractivity contribution is 5.42. The third-order valence-corrected chi connectivity index (χ3v) is 3.04. The quantitative estimate of drug-likeness (QED) is 0.873. The van der Waals surface area contributed by atoms with Gasteiger partial charge in [0, 0.05) is 6.04 Å². The predicted molar refractivity (Wildman–Crippen MR) is 59.7 cm³/mol. The second-order valence-electron chi connectivity index (χ2n) is 4.43. The van der Waals surface area contributed by atoms with Crippen LogP contribution in [0.3, 0.4) is 0 Å². The topological polar surface area (TPSA) is 24.9 Å². The van der Waals surface area contributed by atoms with Crippen molar-refractivity contribution in [2.24, 2.45) is 5.92 Å². The molecule has 1 fully saturated rings. The van der Waals surface area contributed by atoms with E-state index in [1.807, 2.05) is 0 Å². The van der Waals surface area contributed by atoms with E-state index in [1.54, 1.807) is 0 Å². The number of alkyl halides is 3. The summed E-state index contributed by atoms with van der Waals surface area (Å²) in [6.45, 7) is 2.08. The van der Waals surface area contributed by atoms with E-state index >= 15 is 0 Å². The second-order valence-corrected chi connectivity index (χ2v) is 4.43. The highest BCUT2D eigenvalue weighted by atomic mass is 19.4. The molecule has 0 aromatic carbocycles. The lowest BCUT2D eigenvalue weighted by molar-refractivity contribution is -0.141. The van der Waals surface area contributed by atoms with Crippen molar-refractivity contribution >= 4 is 5.69 Å². The summed E-state index contributed by atoms with van der Waals surface area (Å²) >= 11 is 0. The summed E-state index contributed by atoms with van der Waals surface area (Å²) in [5.74, 6) is 0.669. The van der Waals surface area contributed by atoms with Crippen LogP contribution in [-0.2, 0) is 6.18 Å². The smallest absolute Gasteiger partial charge is 0.381 e. The predicted octanol–water partition coefficient (Wildman–Crippen LogP) is 3.70. The number of aromatic nitrogens is 1. The van der Waals surface area contributed by atoms with Gasteiger partial charge in [-0.15, -0.1) is 0 Å². The van der Waals surface area contributed by atoms with Crippen LogP contribution in [0.4, 0.5) is 18.9 Å². The Balaban J connectivity index is 2.02. The number of halogens is 3. The van der Waals surface area contributed by atoms with Gasteiger partial charge in [0.25, 0.3) is 0 Å². The number of hydrogen-bond acceptors (Lipinski definition) is 2. The summed E-state index contributed by atoms with van der Waals surface area (Å²) in [7, 11) is 0. The van der Waals surface area contributed by atoms with E-state index < -0.39 is 11.9 Å². The number of nitrogens with one attached hydrogen (secondary N) is 1. The molecule has 94 valence electrons. The SMILES string of the molecule is CCC(Nc1ccc(C(F)(F)F)nc1)C1CC1. The van der Waals surface area contributed by atoms with Gasteiger partial charge in [-0.3, -0.25) is 0 Å². The van der Waals surface area contributed by atoms with E-state index in [0.29, 0.717) is 17.6 Å². The van der Waals surface area contributed by atoms with E-state index in [0.717, 1.165) is 12.5 Å². The molecule has 1 aromatic heterocycles. The Kier molecular flexibility index (Phi) is 3.26. The van der Waals surface area contributed by atoms with Crippen LogP contribution in [0.15, 0.2) is 18.3 Å². The van der Waals surface area contributed by atoms with E-state index in [9.17, 15) is 13.2 Å². The molecule has 1 aliphatic carbocycles. The normalized spacial score (nSPS) is 17.9.